The van der Waals surface area contributed by atoms with Gasteiger partial charge in [-0.25, -0.2) is 0 Å². The fourth-order valence-corrected chi connectivity index (χ4v) is 3.09. The minimum absolute atomic E-state index is 0.0588. The Morgan fingerprint density at radius 2 is 2.14 bits per heavy atom. The third-order valence-corrected chi connectivity index (χ3v) is 4.76. The number of fused-ring (bicyclic) bond motifs is 1. The Morgan fingerprint density at radius 3 is 2.86 bits per heavy atom. The van der Waals surface area contributed by atoms with Gasteiger partial charge in [0.15, 0.2) is 0 Å². The van der Waals surface area contributed by atoms with Crippen LogP contribution in [-0.4, -0.2) is 44.9 Å². The molecule has 0 bridgehead atoms. The van der Waals surface area contributed by atoms with Crippen molar-refractivity contribution in [2.24, 2.45) is 11.7 Å². The zero-order valence-corrected chi connectivity index (χ0v) is 13.0. The molecular weight excluding hydrogens is 264 g/mol. The Hall–Kier alpha value is -1.10. The predicted molar refractivity (Wildman–Crippen MR) is 83.6 cm³/mol. The molecule has 2 aliphatic carbocycles. The van der Waals surface area contributed by atoms with Crippen molar-refractivity contribution in [3.8, 4) is 5.75 Å². The Kier molecular flexibility index (Phi) is 4.48. The second kappa shape index (κ2) is 6.34. The summed E-state index contributed by atoms with van der Waals surface area (Å²) in [5, 5.41) is 0. The van der Waals surface area contributed by atoms with Crippen molar-refractivity contribution < 1.29 is 9.47 Å². The average molecular weight is 290 g/mol. The van der Waals surface area contributed by atoms with Crippen molar-refractivity contribution in [3.63, 3.8) is 0 Å². The maximum Gasteiger partial charge on any atom is 0.119 e. The molecule has 116 valence electrons. The topological polar surface area (TPSA) is 47.7 Å². The van der Waals surface area contributed by atoms with Gasteiger partial charge in [0.25, 0.3) is 0 Å². The third-order valence-electron chi connectivity index (χ3n) is 4.76. The molecule has 4 nitrogen and oxygen atoms in total. The van der Waals surface area contributed by atoms with Crippen molar-refractivity contribution in [1.29, 1.82) is 0 Å². The summed E-state index contributed by atoms with van der Waals surface area (Å²) in [6.07, 6.45) is 3.71. The van der Waals surface area contributed by atoms with E-state index >= 15 is 0 Å². The van der Waals surface area contributed by atoms with Crippen LogP contribution in [-0.2, 0) is 11.2 Å². The van der Waals surface area contributed by atoms with Crippen LogP contribution in [0.25, 0.3) is 0 Å². The third kappa shape index (κ3) is 3.39. The second-order valence-corrected chi connectivity index (χ2v) is 6.36. The van der Waals surface area contributed by atoms with E-state index in [4.69, 9.17) is 15.2 Å². The summed E-state index contributed by atoms with van der Waals surface area (Å²) in [7, 11) is 3.84. The molecule has 2 aliphatic rings. The largest absolute Gasteiger partial charge is 0.497 e. The van der Waals surface area contributed by atoms with Crippen LogP contribution in [0.1, 0.15) is 30.0 Å². The molecule has 0 spiro atoms. The summed E-state index contributed by atoms with van der Waals surface area (Å²) in [6.45, 7) is 2.67. The molecule has 1 aromatic rings. The molecule has 3 rings (SSSR count). The van der Waals surface area contributed by atoms with Crippen LogP contribution in [0, 0.1) is 5.92 Å². The number of nitrogens with zero attached hydrogens (tertiary/aromatic N) is 1. The van der Waals surface area contributed by atoms with Gasteiger partial charge in [-0.05, 0) is 55.5 Å². The van der Waals surface area contributed by atoms with E-state index < -0.39 is 0 Å². The molecule has 1 fully saturated rings. The highest BCUT2D eigenvalue weighted by Crippen LogP contribution is 2.34. The fourth-order valence-electron chi connectivity index (χ4n) is 3.09. The lowest BCUT2D eigenvalue weighted by Gasteiger charge is -2.27. The summed E-state index contributed by atoms with van der Waals surface area (Å²) >= 11 is 0. The molecule has 2 N–H and O–H groups in total. The SMILES string of the molecule is COc1ccc2c(c1)C(N)C(N(C)CCOCC1CC1)C2. The molecule has 4 heteroatoms. The Balaban J connectivity index is 1.53. The molecule has 0 aliphatic heterocycles. The summed E-state index contributed by atoms with van der Waals surface area (Å²) in [5.74, 6) is 1.72. The smallest absolute Gasteiger partial charge is 0.119 e. The highest BCUT2D eigenvalue weighted by atomic mass is 16.5. The van der Waals surface area contributed by atoms with Gasteiger partial charge in [-0.1, -0.05) is 6.07 Å². The van der Waals surface area contributed by atoms with Crippen LogP contribution >= 0.6 is 0 Å². The minimum Gasteiger partial charge on any atom is -0.497 e. The number of rotatable bonds is 7. The van der Waals surface area contributed by atoms with Crippen molar-refractivity contribution in [2.45, 2.75) is 31.3 Å². The lowest BCUT2D eigenvalue weighted by atomic mass is 10.1. The van der Waals surface area contributed by atoms with Crippen molar-refractivity contribution >= 4 is 0 Å². The highest BCUT2D eigenvalue weighted by Gasteiger charge is 2.32. The Labute approximate surface area is 127 Å². The molecule has 0 saturated heterocycles. The Bertz CT molecular complexity index is 488. The van der Waals surface area contributed by atoms with Crippen LogP contribution in [0.15, 0.2) is 18.2 Å². The van der Waals surface area contributed by atoms with Crippen LogP contribution < -0.4 is 10.5 Å². The first kappa shape index (κ1) is 14.8. The van der Waals surface area contributed by atoms with Crippen LogP contribution in [0.2, 0.25) is 0 Å². The van der Waals surface area contributed by atoms with Crippen molar-refractivity contribution in [2.75, 3.05) is 33.9 Å². The average Bonchev–Trinajstić information content (AvgIpc) is 3.27. The van der Waals surface area contributed by atoms with E-state index in [0.717, 1.165) is 37.8 Å². The summed E-state index contributed by atoms with van der Waals surface area (Å²) < 4.78 is 11.0. The van der Waals surface area contributed by atoms with E-state index in [1.807, 2.05) is 6.07 Å². The highest BCUT2D eigenvalue weighted by molar-refractivity contribution is 5.42. The van der Waals surface area contributed by atoms with Gasteiger partial charge in [-0.15, -0.1) is 0 Å². The van der Waals surface area contributed by atoms with Crippen molar-refractivity contribution in [3.05, 3.63) is 29.3 Å². The molecule has 0 amide bonds. The standard InChI is InChI=1S/C17H26N2O2/c1-19(7-8-21-11-12-3-4-12)16-9-13-5-6-14(20-2)10-15(13)17(16)18/h5-6,10,12,16-17H,3-4,7-9,11,18H2,1-2H3. The quantitative estimate of drug-likeness (QED) is 0.780. The van der Waals surface area contributed by atoms with E-state index in [1.54, 1.807) is 7.11 Å². The van der Waals surface area contributed by atoms with Gasteiger partial charge in [0, 0.05) is 25.2 Å². The number of hydrogen-bond donors (Lipinski definition) is 1. The van der Waals surface area contributed by atoms with Crippen LogP contribution in [0.3, 0.4) is 0 Å². The number of benzene rings is 1. The summed E-state index contributed by atoms with van der Waals surface area (Å²) in [4.78, 5) is 2.34. The maximum absolute atomic E-state index is 6.44. The summed E-state index contributed by atoms with van der Waals surface area (Å²) in [6, 6.07) is 6.66. The second-order valence-electron chi connectivity index (χ2n) is 6.36. The van der Waals surface area contributed by atoms with Gasteiger partial charge in [0.05, 0.1) is 13.7 Å². The molecule has 1 aromatic carbocycles. The lowest BCUT2D eigenvalue weighted by Crippen LogP contribution is -2.40. The molecule has 2 atom stereocenters. The van der Waals surface area contributed by atoms with Gasteiger partial charge in [0.1, 0.15) is 5.75 Å². The summed E-state index contributed by atoms with van der Waals surface area (Å²) in [5.41, 5.74) is 9.01. The number of ether oxygens (including phenoxy) is 2. The van der Waals surface area contributed by atoms with Gasteiger partial charge in [0.2, 0.25) is 0 Å². The van der Waals surface area contributed by atoms with E-state index in [-0.39, 0.29) is 6.04 Å². The van der Waals surface area contributed by atoms with E-state index in [9.17, 15) is 0 Å². The van der Waals surface area contributed by atoms with Gasteiger partial charge in [-0.2, -0.15) is 0 Å². The van der Waals surface area contributed by atoms with Gasteiger partial charge >= 0.3 is 0 Å². The fraction of sp³-hybridized carbons (Fsp3) is 0.647. The normalized spacial score (nSPS) is 24.4. The lowest BCUT2D eigenvalue weighted by molar-refractivity contribution is 0.0886. The van der Waals surface area contributed by atoms with Gasteiger partial charge in [-0.3, -0.25) is 4.90 Å². The zero-order valence-electron chi connectivity index (χ0n) is 13.0. The van der Waals surface area contributed by atoms with E-state index in [2.05, 4.69) is 24.1 Å². The molecule has 0 aromatic heterocycles. The molecule has 2 unspecified atom stereocenters. The van der Waals surface area contributed by atoms with E-state index in [0.29, 0.717) is 6.04 Å². The maximum atomic E-state index is 6.44. The predicted octanol–water partition coefficient (Wildman–Crippen LogP) is 1.98. The molecule has 21 heavy (non-hydrogen) atoms. The van der Waals surface area contributed by atoms with Crippen LogP contribution in [0.4, 0.5) is 0 Å². The molecule has 1 saturated carbocycles. The zero-order chi connectivity index (χ0) is 14.8. The monoisotopic (exact) mass is 290 g/mol. The first-order valence-corrected chi connectivity index (χ1v) is 7.89. The first-order chi connectivity index (χ1) is 10.2. The van der Waals surface area contributed by atoms with Gasteiger partial charge < -0.3 is 15.2 Å². The minimum atomic E-state index is 0.0588. The molecular formula is C17H26N2O2. The van der Waals surface area contributed by atoms with E-state index in [1.165, 1.54) is 24.0 Å². The Morgan fingerprint density at radius 1 is 1.33 bits per heavy atom. The number of nitrogens with two attached hydrogens (primary N) is 1. The van der Waals surface area contributed by atoms with Crippen LogP contribution in [0.5, 0.6) is 5.75 Å². The number of likely N-dealkylation sites (N-methyl/N-ethyl adjacent to an activating group) is 1. The number of methoxy groups -OCH3 is 1. The van der Waals surface area contributed by atoms with Crippen molar-refractivity contribution in [1.82, 2.24) is 4.90 Å². The first-order valence-electron chi connectivity index (χ1n) is 7.89. The molecule has 0 heterocycles. The molecule has 0 radical (unpaired) electrons. The number of hydrogen-bond acceptors (Lipinski definition) is 4.